The summed E-state index contributed by atoms with van der Waals surface area (Å²) in [5.41, 5.74) is 2.86. The normalized spacial score (nSPS) is 27.5. The van der Waals surface area contributed by atoms with Crippen LogP contribution in [0.1, 0.15) is 36.4 Å². The van der Waals surface area contributed by atoms with Crippen LogP contribution in [0.5, 0.6) is 5.75 Å². The number of likely N-dealkylation sites (tertiary alicyclic amines) is 1. The minimum Gasteiger partial charge on any atom is -0.497 e. The molecular formula is C20H30ClN3O2. The third-order valence-corrected chi connectivity index (χ3v) is 6.30. The van der Waals surface area contributed by atoms with Crippen LogP contribution in [-0.2, 0) is 6.42 Å². The first-order chi connectivity index (χ1) is 12.1. The highest BCUT2D eigenvalue weighted by molar-refractivity contribution is 5.85. The molecule has 144 valence electrons. The van der Waals surface area contributed by atoms with Crippen LogP contribution in [0.3, 0.4) is 0 Å². The number of rotatable bonds is 1. The number of carbonyl (C=O) groups is 1. The smallest absolute Gasteiger partial charge is 0.319 e. The Bertz CT molecular complexity index is 666. The Kier molecular flexibility index (Phi) is 5.68. The molecule has 26 heavy (non-hydrogen) atoms. The second-order valence-electron chi connectivity index (χ2n) is 7.90. The number of nitrogens with zero attached hydrogens (tertiary/aromatic N) is 3. The SMILES string of the molecule is COc1ccc2c(c1)CCN1C[C@H]3CCCN(C(=O)N(C)C)[C@H]3C[C@@H]21.Cl. The molecule has 3 heterocycles. The van der Waals surface area contributed by atoms with Crippen molar-refractivity contribution in [3.63, 3.8) is 0 Å². The second-order valence-corrected chi connectivity index (χ2v) is 7.90. The van der Waals surface area contributed by atoms with Crippen LogP contribution in [0.25, 0.3) is 0 Å². The minimum atomic E-state index is 0. The molecule has 2 fully saturated rings. The molecule has 0 N–H and O–H groups in total. The zero-order valence-electron chi connectivity index (χ0n) is 16.0. The highest BCUT2D eigenvalue weighted by atomic mass is 35.5. The fourth-order valence-corrected chi connectivity index (χ4v) is 5.06. The number of hydrogen-bond acceptors (Lipinski definition) is 3. The molecule has 1 aromatic rings. The summed E-state index contributed by atoms with van der Waals surface area (Å²) in [6, 6.07) is 7.51. The summed E-state index contributed by atoms with van der Waals surface area (Å²) in [6.45, 7) is 3.15. The number of fused-ring (bicyclic) bond motifs is 4. The van der Waals surface area contributed by atoms with Crippen LogP contribution in [0.15, 0.2) is 18.2 Å². The number of halogens is 1. The Labute approximate surface area is 162 Å². The molecule has 1 aromatic carbocycles. The summed E-state index contributed by atoms with van der Waals surface area (Å²) in [4.78, 5) is 19.2. The number of benzene rings is 1. The van der Waals surface area contributed by atoms with E-state index in [-0.39, 0.29) is 18.4 Å². The number of amides is 2. The van der Waals surface area contributed by atoms with Gasteiger partial charge in [0.2, 0.25) is 0 Å². The Hall–Kier alpha value is -1.46. The van der Waals surface area contributed by atoms with E-state index in [0.29, 0.717) is 18.0 Å². The monoisotopic (exact) mass is 379 g/mol. The van der Waals surface area contributed by atoms with Gasteiger partial charge in [-0.05, 0) is 54.9 Å². The van der Waals surface area contributed by atoms with E-state index in [1.54, 1.807) is 12.0 Å². The van der Waals surface area contributed by atoms with E-state index in [1.807, 2.05) is 14.1 Å². The maximum Gasteiger partial charge on any atom is 0.319 e. The molecule has 2 amide bonds. The Morgan fingerprint density at radius 3 is 2.81 bits per heavy atom. The number of piperidine rings is 2. The molecule has 3 aliphatic rings. The van der Waals surface area contributed by atoms with Crippen molar-refractivity contribution in [1.29, 1.82) is 0 Å². The fourth-order valence-electron chi connectivity index (χ4n) is 5.06. The summed E-state index contributed by atoms with van der Waals surface area (Å²) in [5.74, 6) is 1.57. The predicted molar refractivity (Wildman–Crippen MR) is 105 cm³/mol. The molecule has 0 saturated carbocycles. The van der Waals surface area contributed by atoms with Gasteiger partial charge in [0.05, 0.1) is 7.11 Å². The largest absolute Gasteiger partial charge is 0.497 e. The molecule has 5 nitrogen and oxygen atoms in total. The van der Waals surface area contributed by atoms with E-state index >= 15 is 0 Å². The maximum atomic E-state index is 12.7. The van der Waals surface area contributed by atoms with Crippen molar-refractivity contribution in [3.05, 3.63) is 29.3 Å². The molecule has 0 aromatic heterocycles. The van der Waals surface area contributed by atoms with Crippen LogP contribution in [0.2, 0.25) is 0 Å². The van der Waals surface area contributed by atoms with Gasteiger partial charge in [0.25, 0.3) is 0 Å². The van der Waals surface area contributed by atoms with Gasteiger partial charge in [0, 0.05) is 45.8 Å². The zero-order chi connectivity index (χ0) is 17.6. The standard InChI is InChI=1S/C20H29N3O2.ClH/c1-21(2)20(24)23-9-4-5-15-13-22-10-8-14-11-16(25-3)6-7-17(14)19(22)12-18(15)23;/h6-7,11,15,18-19H,4-5,8-10,12-13H2,1-3H3;1H/t15-,18+,19+;/m1./s1. The highest BCUT2D eigenvalue weighted by Gasteiger charge is 2.44. The van der Waals surface area contributed by atoms with Crippen LogP contribution < -0.4 is 4.74 Å². The van der Waals surface area contributed by atoms with Crippen molar-refractivity contribution in [2.24, 2.45) is 5.92 Å². The van der Waals surface area contributed by atoms with Gasteiger partial charge in [0.1, 0.15) is 5.75 Å². The first kappa shape index (κ1) is 19.3. The molecule has 0 unspecified atom stereocenters. The number of methoxy groups -OCH3 is 1. The van der Waals surface area contributed by atoms with Gasteiger partial charge in [-0.25, -0.2) is 4.79 Å². The Morgan fingerprint density at radius 1 is 1.27 bits per heavy atom. The Balaban J connectivity index is 0.00000196. The summed E-state index contributed by atoms with van der Waals surface area (Å²) in [5, 5.41) is 0. The fraction of sp³-hybridized carbons (Fsp3) is 0.650. The van der Waals surface area contributed by atoms with E-state index in [0.717, 1.165) is 44.6 Å². The molecule has 3 atom stereocenters. The van der Waals surface area contributed by atoms with E-state index in [9.17, 15) is 4.79 Å². The molecular weight excluding hydrogens is 350 g/mol. The van der Waals surface area contributed by atoms with Gasteiger partial charge in [-0.1, -0.05) is 6.07 Å². The molecule has 2 saturated heterocycles. The number of ether oxygens (including phenoxy) is 1. The molecule has 0 radical (unpaired) electrons. The van der Waals surface area contributed by atoms with Gasteiger partial charge in [-0.2, -0.15) is 0 Å². The quantitative estimate of drug-likeness (QED) is 0.751. The first-order valence-corrected chi connectivity index (χ1v) is 9.47. The molecule has 0 bridgehead atoms. The van der Waals surface area contributed by atoms with Gasteiger partial charge >= 0.3 is 6.03 Å². The van der Waals surface area contributed by atoms with E-state index in [4.69, 9.17) is 4.74 Å². The third kappa shape index (κ3) is 3.27. The number of carbonyl (C=O) groups excluding carboxylic acids is 1. The van der Waals surface area contributed by atoms with Crippen LogP contribution in [-0.4, -0.2) is 67.6 Å². The average molecular weight is 380 g/mol. The van der Waals surface area contributed by atoms with Gasteiger partial charge in [-0.3, -0.25) is 4.90 Å². The minimum absolute atomic E-state index is 0. The van der Waals surface area contributed by atoms with Crippen LogP contribution in [0, 0.1) is 5.92 Å². The lowest BCUT2D eigenvalue weighted by molar-refractivity contribution is 0.00108. The van der Waals surface area contributed by atoms with Crippen molar-refractivity contribution < 1.29 is 9.53 Å². The molecule has 4 rings (SSSR count). The van der Waals surface area contributed by atoms with Gasteiger partial charge in [0.15, 0.2) is 0 Å². The lowest BCUT2D eigenvalue weighted by Crippen LogP contribution is -2.59. The van der Waals surface area contributed by atoms with E-state index in [1.165, 1.54) is 17.5 Å². The molecule has 6 heteroatoms. The molecule has 0 aliphatic carbocycles. The topological polar surface area (TPSA) is 36.0 Å². The van der Waals surface area contributed by atoms with Crippen LogP contribution in [0.4, 0.5) is 4.79 Å². The van der Waals surface area contributed by atoms with Gasteiger partial charge in [-0.15, -0.1) is 12.4 Å². The number of urea groups is 1. The Morgan fingerprint density at radius 2 is 2.08 bits per heavy atom. The predicted octanol–water partition coefficient (Wildman–Crippen LogP) is 3.18. The van der Waals surface area contributed by atoms with Crippen molar-refractivity contribution in [2.75, 3.05) is 40.8 Å². The average Bonchev–Trinajstić information content (AvgIpc) is 2.64. The zero-order valence-corrected chi connectivity index (χ0v) is 16.8. The maximum absolute atomic E-state index is 12.7. The summed E-state index contributed by atoms with van der Waals surface area (Å²) < 4.78 is 5.41. The van der Waals surface area contributed by atoms with Crippen molar-refractivity contribution >= 4 is 18.4 Å². The number of hydrogen-bond donors (Lipinski definition) is 0. The molecule has 3 aliphatic heterocycles. The second kappa shape index (κ2) is 7.65. The van der Waals surface area contributed by atoms with E-state index < -0.39 is 0 Å². The molecule has 0 spiro atoms. The highest BCUT2D eigenvalue weighted by Crippen LogP contribution is 2.43. The lowest BCUT2D eigenvalue weighted by atomic mass is 9.76. The van der Waals surface area contributed by atoms with Crippen molar-refractivity contribution in [2.45, 2.75) is 37.8 Å². The summed E-state index contributed by atoms with van der Waals surface area (Å²) in [6.07, 6.45) is 4.54. The van der Waals surface area contributed by atoms with Crippen LogP contribution >= 0.6 is 12.4 Å². The lowest BCUT2D eigenvalue weighted by Gasteiger charge is -2.52. The summed E-state index contributed by atoms with van der Waals surface area (Å²) in [7, 11) is 5.46. The van der Waals surface area contributed by atoms with Crippen molar-refractivity contribution in [1.82, 2.24) is 14.7 Å². The summed E-state index contributed by atoms with van der Waals surface area (Å²) >= 11 is 0. The van der Waals surface area contributed by atoms with E-state index in [2.05, 4.69) is 28.0 Å². The first-order valence-electron chi connectivity index (χ1n) is 9.47. The van der Waals surface area contributed by atoms with Crippen molar-refractivity contribution in [3.8, 4) is 5.75 Å². The third-order valence-electron chi connectivity index (χ3n) is 6.30. The van der Waals surface area contributed by atoms with Gasteiger partial charge < -0.3 is 14.5 Å².